The fraction of sp³-hybridized carbons (Fsp3) is 0.818. The summed E-state index contributed by atoms with van der Waals surface area (Å²) in [7, 11) is 0. The first-order valence-corrected chi connectivity index (χ1v) is 6.07. The molecule has 0 amide bonds. The number of allylic oxidation sites excluding steroid dienone is 2. The molecule has 1 rings (SSSR count). The number of unbranched alkanes of at least 4 members (excludes halogenated alkanes) is 3. The van der Waals surface area contributed by atoms with E-state index in [0.29, 0.717) is 0 Å². The van der Waals surface area contributed by atoms with E-state index in [0.717, 1.165) is 10.7 Å². The molecular weight excluding hydrogens is 212 g/mol. The van der Waals surface area contributed by atoms with Crippen molar-refractivity contribution < 1.29 is 0 Å². The molecule has 1 heteroatoms. The van der Waals surface area contributed by atoms with E-state index in [-0.39, 0.29) is 0 Å². The minimum absolute atomic E-state index is 0.735. The maximum atomic E-state index is 3.71. The number of rotatable bonds is 5. The highest BCUT2D eigenvalue weighted by molar-refractivity contribution is 9.09. The fourth-order valence-corrected chi connectivity index (χ4v) is 2.42. The quantitative estimate of drug-likeness (QED) is 0.376. The third-order valence-corrected chi connectivity index (χ3v) is 3.65. The third-order valence-electron chi connectivity index (χ3n) is 2.60. The van der Waals surface area contributed by atoms with Crippen molar-refractivity contribution in [2.75, 3.05) is 0 Å². The lowest BCUT2D eigenvalue weighted by Gasteiger charge is -2.12. The van der Waals surface area contributed by atoms with E-state index in [9.17, 15) is 0 Å². The van der Waals surface area contributed by atoms with Gasteiger partial charge in [-0.2, -0.15) is 0 Å². The van der Waals surface area contributed by atoms with Crippen LogP contribution in [0.2, 0.25) is 0 Å². The largest absolute Gasteiger partial charge is 0.0881 e. The molecule has 0 fully saturated rings. The van der Waals surface area contributed by atoms with E-state index < -0.39 is 0 Å². The summed E-state index contributed by atoms with van der Waals surface area (Å²) in [6, 6.07) is 0. The summed E-state index contributed by atoms with van der Waals surface area (Å²) in [6.07, 6.45) is 12.9. The number of halogens is 1. The summed E-state index contributed by atoms with van der Waals surface area (Å²) >= 11 is 3.71. The number of hydrogen-bond donors (Lipinski definition) is 0. The second-order valence-corrected chi connectivity index (χ2v) is 4.87. The first kappa shape index (κ1) is 10.3. The van der Waals surface area contributed by atoms with Crippen LogP contribution in [0.15, 0.2) is 12.2 Å². The molecule has 2 atom stereocenters. The maximum Gasteiger partial charge on any atom is 0.0243 e. The Morgan fingerprint density at radius 2 is 2.17 bits per heavy atom. The zero-order valence-corrected chi connectivity index (χ0v) is 9.52. The Morgan fingerprint density at radius 3 is 2.75 bits per heavy atom. The highest BCUT2D eigenvalue weighted by Crippen LogP contribution is 2.29. The average molecular weight is 231 g/mol. The molecule has 0 N–H and O–H groups in total. The summed E-state index contributed by atoms with van der Waals surface area (Å²) in [6.45, 7) is 2.27. The van der Waals surface area contributed by atoms with Crippen LogP contribution in [0.1, 0.15) is 45.4 Å². The van der Waals surface area contributed by atoms with Gasteiger partial charge in [-0.25, -0.2) is 0 Å². The van der Waals surface area contributed by atoms with Gasteiger partial charge in [-0.3, -0.25) is 0 Å². The Bertz CT molecular complexity index is 140. The zero-order valence-electron chi connectivity index (χ0n) is 7.93. The van der Waals surface area contributed by atoms with Crippen LogP contribution in [0.3, 0.4) is 0 Å². The van der Waals surface area contributed by atoms with Crippen LogP contribution < -0.4 is 0 Å². The molecular formula is C11H19Br. The van der Waals surface area contributed by atoms with Crippen molar-refractivity contribution in [2.45, 2.75) is 50.3 Å². The molecule has 70 valence electrons. The summed E-state index contributed by atoms with van der Waals surface area (Å²) in [5.41, 5.74) is 0. The van der Waals surface area contributed by atoms with Crippen molar-refractivity contribution in [3.05, 3.63) is 12.2 Å². The molecule has 0 heterocycles. The van der Waals surface area contributed by atoms with Gasteiger partial charge < -0.3 is 0 Å². The second kappa shape index (κ2) is 5.80. The maximum absolute atomic E-state index is 3.71. The summed E-state index contributed by atoms with van der Waals surface area (Å²) in [5.74, 6) is 0.821. The molecule has 0 aromatic carbocycles. The first-order valence-electron chi connectivity index (χ1n) is 5.15. The minimum Gasteiger partial charge on any atom is -0.0881 e. The lowest BCUT2D eigenvalue weighted by molar-refractivity contribution is 0.535. The summed E-state index contributed by atoms with van der Waals surface area (Å²) < 4.78 is 0. The van der Waals surface area contributed by atoms with Crippen molar-refractivity contribution in [1.82, 2.24) is 0 Å². The van der Waals surface area contributed by atoms with Crippen LogP contribution in [0.4, 0.5) is 0 Å². The normalized spacial score (nSPS) is 28.2. The van der Waals surface area contributed by atoms with Crippen LogP contribution in [-0.2, 0) is 0 Å². The molecule has 0 spiro atoms. The molecule has 0 aromatic heterocycles. The molecule has 0 saturated carbocycles. The highest BCUT2D eigenvalue weighted by Gasteiger charge is 2.18. The van der Waals surface area contributed by atoms with Crippen molar-refractivity contribution in [1.29, 1.82) is 0 Å². The van der Waals surface area contributed by atoms with Gasteiger partial charge in [0.15, 0.2) is 0 Å². The molecule has 1 aliphatic carbocycles. The number of alkyl halides is 1. The van der Waals surface area contributed by atoms with Gasteiger partial charge in [0, 0.05) is 4.83 Å². The van der Waals surface area contributed by atoms with E-state index in [1.165, 1.54) is 38.5 Å². The van der Waals surface area contributed by atoms with E-state index >= 15 is 0 Å². The Balaban J connectivity index is 2.02. The molecule has 1 aliphatic rings. The minimum atomic E-state index is 0.735. The van der Waals surface area contributed by atoms with Crippen LogP contribution in [0.25, 0.3) is 0 Å². The Kier molecular flexibility index (Phi) is 4.98. The smallest absolute Gasteiger partial charge is 0.0243 e. The monoisotopic (exact) mass is 230 g/mol. The molecule has 0 nitrogen and oxygen atoms in total. The van der Waals surface area contributed by atoms with Crippen molar-refractivity contribution in [3.63, 3.8) is 0 Å². The van der Waals surface area contributed by atoms with Gasteiger partial charge in [0.25, 0.3) is 0 Å². The Labute approximate surface area is 84.6 Å². The van der Waals surface area contributed by atoms with Gasteiger partial charge in [0.2, 0.25) is 0 Å². The molecule has 0 bridgehead atoms. The standard InChI is InChI=1S/C11H19Br/c1-2-3-4-5-7-10-8-6-9-11(10)12/h6,8,10-11H,2-5,7,9H2,1H3/t10-,11-/m1/s1. The SMILES string of the molecule is CCCCCC[C@@H]1C=CC[C@H]1Br. The van der Waals surface area contributed by atoms with E-state index in [2.05, 4.69) is 35.0 Å². The summed E-state index contributed by atoms with van der Waals surface area (Å²) in [4.78, 5) is 0.735. The van der Waals surface area contributed by atoms with Crippen molar-refractivity contribution >= 4 is 15.9 Å². The fourth-order valence-electron chi connectivity index (χ4n) is 1.76. The average Bonchev–Trinajstić information content (AvgIpc) is 2.46. The van der Waals surface area contributed by atoms with Gasteiger partial charge in [-0.05, 0) is 18.8 Å². The van der Waals surface area contributed by atoms with E-state index in [4.69, 9.17) is 0 Å². The predicted octanol–water partition coefficient (Wildman–Crippen LogP) is 4.30. The molecule has 0 unspecified atom stereocenters. The van der Waals surface area contributed by atoms with Crippen LogP contribution in [0, 0.1) is 5.92 Å². The van der Waals surface area contributed by atoms with Crippen molar-refractivity contribution in [2.24, 2.45) is 5.92 Å². The molecule has 0 radical (unpaired) electrons. The molecule has 0 aromatic rings. The second-order valence-electron chi connectivity index (χ2n) is 3.69. The Hall–Kier alpha value is 0.220. The Morgan fingerprint density at radius 1 is 1.33 bits per heavy atom. The van der Waals surface area contributed by atoms with Gasteiger partial charge in [0.05, 0.1) is 0 Å². The molecule has 12 heavy (non-hydrogen) atoms. The van der Waals surface area contributed by atoms with Crippen LogP contribution >= 0.6 is 15.9 Å². The predicted molar refractivity (Wildman–Crippen MR) is 58.7 cm³/mol. The third kappa shape index (κ3) is 3.30. The number of hydrogen-bond acceptors (Lipinski definition) is 0. The summed E-state index contributed by atoms with van der Waals surface area (Å²) in [5, 5.41) is 0. The van der Waals surface area contributed by atoms with Gasteiger partial charge >= 0.3 is 0 Å². The lowest BCUT2D eigenvalue weighted by atomic mass is 10.0. The lowest BCUT2D eigenvalue weighted by Crippen LogP contribution is -2.05. The van der Waals surface area contributed by atoms with Crippen molar-refractivity contribution in [3.8, 4) is 0 Å². The topological polar surface area (TPSA) is 0 Å². The van der Waals surface area contributed by atoms with E-state index in [1.54, 1.807) is 0 Å². The van der Waals surface area contributed by atoms with Gasteiger partial charge in [-0.1, -0.05) is 60.7 Å². The van der Waals surface area contributed by atoms with Crippen LogP contribution in [-0.4, -0.2) is 4.83 Å². The van der Waals surface area contributed by atoms with Gasteiger partial charge in [0.1, 0.15) is 0 Å². The van der Waals surface area contributed by atoms with E-state index in [1.807, 2.05) is 0 Å². The van der Waals surface area contributed by atoms with Gasteiger partial charge in [-0.15, -0.1) is 0 Å². The highest BCUT2D eigenvalue weighted by atomic mass is 79.9. The first-order chi connectivity index (χ1) is 5.84. The molecule has 0 saturated heterocycles. The zero-order chi connectivity index (χ0) is 8.81. The van der Waals surface area contributed by atoms with Crippen LogP contribution in [0.5, 0.6) is 0 Å². The molecule has 0 aliphatic heterocycles.